The normalized spacial score (nSPS) is 11.5. The Morgan fingerprint density at radius 2 is 2.25 bits per heavy atom. The molecule has 0 fully saturated rings. The van der Waals surface area contributed by atoms with Crippen LogP contribution in [0.3, 0.4) is 0 Å². The first-order valence-corrected chi connectivity index (χ1v) is 5.72. The van der Waals surface area contributed by atoms with Crippen LogP contribution in [0.25, 0.3) is 11.2 Å². The van der Waals surface area contributed by atoms with Crippen molar-refractivity contribution in [2.75, 3.05) is 6.54 Å². The first-order chi connectivity index (χ1) is 7.72. The molecule has 4 heteroatoms. The molecule has 86 valence electrons. The van der Waals surface area contributed by atoms with E-state index in [9.17, 15) is 0 Å². The van der Waals surface area contributed by atoms with E-state index in [-0.39, 0.29) is 0 Å². The highest BCUT2D eigenvalue weighted by atomic mass is 15.1. The van der Waals surface area contributed by atoms with Gasteiger partial charge in [0.05, 0.1) is 0 Å². The van der Waals surface area contributed by atoms with E-state index < -0.39 is 0 Å². The molecule has 2 heterocycles. The second kappa shape index (κ2) is 4.61. The zero-order valence-electron chi connectivity index (χ0n) is 9.85. The maximum atomic E-state index is 5.61. The quantitative estimate of drug-likeness (QED) is 0.847. The van der Waals surface area contributed by atoms with Gasteiger partial charge in [-0.05, 0) is 24.6 Å². The molecule has 4 nitrogen and oxygen atoms in total. The highest BCUT2D eigenvalue weighted by Gasteiger charge is 2.11. The van der Waals surface area contributed by atoms with E-state index in [2.05, 4.69) is 28.4 Å². The van der Waals surface area contributed by atoms with E-state index in [1.54, 1.807) is 0 Å². The first-order valence-electron chi connectivity index (χ1n) is 5.72. The second-order valence-corrected chi connectivity index (χ2v) is 4.42. The van der Waals surface area contributed by atoms with Crippen molar-refractivity contribution in [2.24, 2.45) is 11.7 Å². The number of pyridine rings is 1. The summed E-state index contributed by atoms with van der Waals surface area (Å²) in [6, 6.07) is 3.92. The number of nitrogens with zero attached hydrogens (tertiary/aromatic N) is 3. The Morgan fingerprint density at radius 3 is 2.94 bits per heavy atom. The minimum atomic E-state index is 0.580. The van der Waals surface area contributed by atoms with Gasteiger partial charge in [0, 0.05) is 19.2 Å². The van der Waals surface area contributed by atoms with Gasteiger partial charge >= 0.3 is 0 Å². The van der Waals surface area contributed by atoms with Crippen molar-refractivity contribution in [2.45, 2.75) is 26.8 Å². The lowest BCUT2D eigenvalue weighted by Crippen LogP contribution is -2.13. The molecule has 0 amide bonds. The maximum absolute atomic E-state index is 5.61. The van der Waals surface area contributed by atoms with E-state index in [0.717, 1.165) is 30.0 Å². The number of rotatable bonds is 4. The van der Waals surface area contributed by atoms with E-state index in [4.69, 9.17) is 5.73 Å². The molecule has 0 saturated carbocycles. The molecule has 0 bridgehead atoms. The van der Waals surface area contributed by atoms with Crippen LogP contribution in [-0.2, 0) is 13.0 Å². The lowest BCUT2D eigenvalue weighted by molar-refractivity contribution is 0.514. The Kier molecular flexibility index (Phi) is 3.19. The zero-order valence-corrected chi connectivity index (χ0v) is 9.85. The molecule has 0 unspecified atom stereocenters. The van der Waals surface area contributed by atoms with Crippen LogP contribution >= 0.6 is 0 Å². The Hall–Kier alpha value is -1.42. The van der Waals surface area contributed by atoms with Gasteiger partial charge in [-0.15, -0.1) is 0 Å². The van der Waals surface area contributed by atoms with Gasteiger partial charge in [-0.1, -0.05) is 13.8 Å². The highest BCUT2D eigenvalue weighted by Crippen LogP contribution is 2.15. The van der Waals surface area contributed by atoms with Crippen LogP contribution in [0, 0.1) is 5.92 Å². The van der Waals surface area contributed by atoms with Gasteiger partial charge in [0.1, 0.15) is 11.3 Å². The molecule has 0 atom stereocenters. The molecule has 0 aliphatic heterocycles. The van der Waals surface area contributed by atoms with Crippen LogP contribution in [0.15, 0.2) is 18.3 Å². The standard InChI is InChI=1S/C12H18N4/c1-9(2)8-16-11(5-6-13)15-10-4-3-7-14-12(10)16/h3-4,7,9H,5-6,8,13H2,1-2H3. The fraction of sp³-hybridized carbons (Fsp3) is 0.500. The van der Waals surface area contributed by atoms with Crippen molar-refractivity contribution in [3.63, 3.8) is 0 Å². The maximum Gasteiger partial charge on any atom is 0.159 e. The number of hydrogen-bond acceptors (Lipinski definition) is 3. The smallest absolute Gasteiger partial charge is 0.159 e. The van der Waals surface area contributed by atoms with Crippen molar-refractivity contribution in [3.8, 4) is 0 Å². The summed E-state index contributed by atoms with van der Waals surface area (Å²) in [5.74, 6) is 1.63. The molecule has 2 aromatic rings. The molecule has 0 aromatic carbocycles. The summed E-state index contributed by atoms with van der Waals surface area (Å²) >= 11 is 0. The average Bonchev–Trinajstić information content (AvgIpc) is 2.57. The fourth-order valence-corrected chi connectivity index (χ4v) is 1.88. The third-order valence-corrected chi connectivity index (χ3v) is 2.50. The summed E-state index contributed by atoms with van der Waals surface area (Å²) in [4.78, 5) is 8.97. The third kappa shape index (κ3) is 2.07. The first kappa shape index (κ1) is 11.1. The summed E-state index contributed by atoms with van der Waals surface area (Å²) in [6.45, 7) is 5.96. The lowest BCUT2D eigenvalue weighted by atomic mass is 10.2. The SMILES string of the molecule is CC(C)Cn1c(CCN)nc2cccnc21. The molecule has 2 aromatic heterocycles. The minimum Gasteiger partial charge on any atom is -0.330 e. The average molecular weight is 218 g/mol. The van der Waals surface area contributed by atoms with E-state index >= 15 is 0 Å². The van der Waals surface area contributed by atoms with Crippen LogP contribution in [0.4, 0.5) is 0 Å². The van der Waals surface area contributed by atoms with Crippen LogP contribution in [0.5, 0.6) is 0 Å². The van der Waals surface area contributed by atoms with Gasteiger partial charge in [-0.25, -0.2) is 9.97 Å². The van der Waals surface area contributed by atoms with E-state index in [1.165, 1.54) is 0 Å². The van der Waals surface area contributed by atoms with Gasteiger partial charge in [-0.2, -0.15) is 0 Å². The minimum absolute atomic E-state index is 0.580. The predicted molar refractivity (Wildman–Crippen MR) is 65.1 cm³/mol. The molecule has 0 aliphatic carbocycles. The van der Waals surface area contributed by atoms with Crippen molar-refractivity contribution in [1.29, 1.82) is 0 Å². The van der Waals surface area contributed by atoms with Gasteiger partial charge in [-0.3, -0.25) is 0 Å². The molecule has 16 heavy (non-hydrogen) atoms. The van der Waals surface area contributed by atoms with Crippen molar-refractivity contribution in [3.05, 3.63) is 24.2 Å². The molecule has 0 radical (unpaired) electrons. The summed E-state index contributed by atoms with van der Waals surface area (Å²) in [5, 5.41) is 0. The summed E-state index contributed by atoms with van der Waals surface area (Å²) < 4.78 is 2.19. The van der Waals surface area contributed by atoms with Crippen LogP contribution in [0.1, 0.15) is 19.7 Å². The topological polar surface area (TPSA) is 56.7 Å². The van der Waals surface area contributed by atoms with Gasteiger partial charge < -0.3 is 10.3 Å². The van der Waals surface area contributed by atoms with E-state index in [0.29, 0.717) is 12.5 Å². The number of fused-ring (bicyclic) bond motifs is 1. The zero-order chi connectivity index (χ0) is 11.5. The number of imidazole rings is 1. The molecular formula is C12H18N4. The second-order valence-electron chi connectivity index (χ2n) is 4.42. The van der Waals surface area contributed by atoms with Crippen molar-refractivity contribution >= 4 is 11.2 Å². The molecule has 0 spiro atoms. The van der Waals surface area contributed by atoms with Crippen LogP contribution in [-0.4, -0.2) is 21.1 Å². The Labute approximate surface area is 95.5 Å². The number of aromatic nitrogens is 3. The number of nitrogens with two attached hydrogens (primary N) is 1. The largest absolute Gasteiger partial charge is 0.330 e. The molecule has 0 saturated heterocycles. The number of hydrogen-bond donors (Lipinski definition) is 1. The van der Waals surface area contributed by atoms with Crippen LogP contribution in [0.2, 0.25) is 0 Å². The molecule has 2 N–H and O–H groups in total. The molecular weight excluding hydrogens is 200 g/mol. The van der Waals surface area contributed by atoms with Crippen molar-refractivity contribution in [1.82, 2.24) is 14.5 Å². The van der Waals surface area contributed by atoms with E-state index in [1.807, 2.05) is 18.3 Å². The fourth-order valence-electron chi connectivity index (χ4n) is 1.88. The summed E-state index contributed by atoms with van der Waals surface area (Å²) in [7, 11) is 0. The summed E-state index contributed by atoms with van der Waals surface area (Å²) in [6.07, 6.45) is 2.62. The summed E-state index contributed by atoms with van der Waals surface area (Å²) in [5.41, 5.74) is 7.54. The Morgan fingerprint density at radius 1 is 1.44 bits per heavy atom. The highest BCUT2D eigenvalue weighted by molar-refractivity contribution is 5.71. The van der Waals surface area contributed by atoms with Crippen molar-refractivity contribution < 1.29 is 0 Å². The molecule has 2 rings (SSSR count). The predicted octanol–water partition coefficient (Wildman–Crippen LogP) is 1.59. The van der Waals surface area contributed by atoms with Crippen LogP contribution < -0.4 is 5.73 Å². The van der Waals surface area contributed by atoms with Gasteiger partial charge in [0.15, 0.2) is 5.65 Å². The third-order valence-electron chi connectivity index (χ3n) is 2.50. The molecule has 0 aliphatic rings. The Bertz CT molecular complexity index is 473. The lowest BCUT2D eigenvalue weighted by Gasteiger charge is -2.10. The monoisotopic (exact) mass is 218 g/mol. The Balaban J connectivity index is 2.50. The van der Waals surface area contributed by atoms with Gasteiger partial charge in [0.2, 0.25) is 0 Å². The van der Waals surface area contributed by atoms with Gasteiger partial charge in [0.25, 0.3) is 0 Å².